The van der Waals surface area contributed by atoms with Crippen molar-refractivity contribution in [2.75, 3.05) is 23.3 Å². The average molecular weight is 589 g/mol. The summed E-state index contributed by atoms with van der Waals surface area (Å²) in [6.45, 7) is 2.95. The van der Waals surface area contributed by atoms with Crippen molar-refractivity contribution in [2.45, 2.75) is 44.6 Å². The van der Waals surface area contributed by atoms with Gasteiger partial charge in [0.15, 0.2) is 0 Å². The third-order valence-electron chi connectivity index (χ3n) is 7.71. The van der Waals surface area contributed by atoms with Crippen molar-refractivity contribution in [2.24, 2.45) is 5.41 Å². The number of pyridine rings is 3. The van der Waals surface area contributed by atoms with Gasteiger partial charge in [0.1, 0.15) is 5.75 Å². The maximum atomic E-state index is 13.3. The largest absolute Gasteiger partial charge is 0.573 e. The number of aryl methyl sites for hydroxylation is 1. The molecule has 0 unspecified atom stereocenters. The summed E-state index contributed by atoms with van der Waals surface area (Å²) in [7, 11) is 0. The lowest BCUT2D eigenvalue weighted by Gasteiger charge is -2.63. The van der Waals surface area contributed by atoms with Gasteiger partial charge in [-0.25, -0.2) is 13.3 Å². The number of nitrogens with one attached hydrogen (secondary N) is 1. The van der Waals surface area contributed by atoms with E-state index in [1.165, 1.54) is 18.5 Å². The van der Waals surface area contributed by atoms with Gasteiger partial charge in [-0.05, 0) is 50.1 Å². The van der Waals surface area contributed by atoms with Gasteiger partial charge in [-0.3, -0.25) is 14.8 Å². The van der Waals surface area contributed by atoms with Gasteiger partial charge in [0.05, 0.1) is 46.2 Å². The van der Waals surface area contributed by atoms with Crippen LogP contribution in [0.5, 0.6) is 5.75 Å². The Labute approximate surface area is 236 Å². The van der Waals surface area contributed by atoms with Crippen LogP contribution >= 0.6 is 0 Å². The second kappa shape index (κ2) is 9.89. The van der Waals surface area contributed by atoms with Crippen LogP contribution in [0, 0.1) is 12.3 Å². The number of ether oxygens (including phenoxy) is 1. The van der Waals surface area contributed by atoms with E-state index in [4.69, 9.17) is 0 Å². The molecule has 1 saturated carbocycles. The first-order valence-corrected chi connectivity index (χ1v) is 13.0. The molecule has 0 radical (unpaired) electrons. The summed E-state index contributed by atoms with van der Waals surface area (Å²) in [5.74, 6) is -0.899. The Balaban J connectivity index is 1.16. The number of carbonyl (C=O) groups is 1. The van der Waals surface area contributed by atoms with E-state index < -0.39 is 36.5 Å². The second-order valence-corrected chi connectivity index (χ2v) is 11.0. The summed E-state index contributed by atoms with van der Waals surface area (Å²) in [5.41, 5.74) is 1.93. The molecule has 1 aliphatic carbocycles. The molecule has 2 aliphatic rings. The highest BCUT2D eigenvalue weighted by Crippen LogP contribution is 2.56. The highest BCUT2D eigenvalue weighted by molar-refractivity contribution is 6.09. The first-order chi connectivity index (χ1) is 19.8. The first kappa shape index (κ1) is 27.8. The van der Waals surface area contributed by atoms with Gasteiger partial charge in [0, 0.05) is 48.6 Å². The van der Waals surface area contributed by atoms with Gasteiger partial charge in [0.25, 0.3) is 5.91 Å². The third kappa shape index (κ3) is 5.45. The molecule has 2 N–H and O–H groups in total. The van der Waals surface area contributed by atoms with Crippen LogP contribution < -0.4 is 15.0 Å². The molecule has 0 bridgehead atoms. The number of halogens is 5. The summed E-state index contributed by atoms with van der Waals surface area (Å²) >= 11 is 0. The maximum absolute atomic E-state index is 13.3. The van der Waals surface area contributed by atoms with E-state index in [1.54, 1.807) is 23.7 Å². The van der Waals surface area contributed by atoms with Gasteiger partial charge in [0.2, 0.25) is 6.43 Å². The average Bonchev–Trinajstić information content (AvgIpc) is 3.29. The molecule has 220 valence electrons. The third-order valence-corrected chi connectivity index (χ3v) is 7.71. The van der Waals surface area contributed by atoms with Crippen LogP contribution in [0.2, 0.25) is 0 Å². The zero-order chi connectivity index (χ0) is 29.9. The molecule has 1 amide bonds. The molecule has 5 heterocycles. The van der Waals surface area contributed by atoms with E-state index in [9.17, 15) is 31.9 Å². The summed E-state index contributed by atoms with van der Waals surface area (Å²) in [6, 6.07) is 7.80. The molecule has 4 aromatic heterocycles. The number of carbonyl (C=O) groups excluding carboxylic acids is 1. The Hall–Kier alpha value is -4.33. The molecular formula is C28H25F5N6O3. The molecule has 42 heavy (non-hydrogen) atoms. The Bertz CT molecular complexity index is 1640. The molecule has 4 aromatic rings. The Morgan fingerprint density at radius 3 is 2.55 bits per heavy atom. The number of fused-ring (bicyclic) bond motifs is 1. The Morgan fingerprint density at radius 2 is 1.88 bits per heavy atom. The van der Waals surface area contributed by atoms with E-state index >= 15 is 0 Å². The quantitative estimate of drug-likeness (QED) is 0.285. The van der Waals surface area contributed by atoms with Crippen LogP contribution in [0.4, 0.5) is 33.3 Å². The molecule has 1 aliphatic heterocycles. The van der Waals surface area contributed by atoms with E-state index in [2.05, 4.69) is 30.0 Å². The van der Waals surface area contributed by atoms with Gasteiger partial charge in [-0.1, -0.05) is 0 Å². The number of aliphatic hydroxyl groups is 1. The number of amides is 1. The fraction of sp³-hybridized carbons (Fsp3) is 0.357. The lowest BCUT2D eigenvalue weighted by Crippen LogP contribution is -2.68. The fourth-order valence-corrected chi connectivity index (χ4v) is 6.02. The number of aromatic nitrogens is 4. The van der Waals surface area contributed by atoms with Gasteiger partial charge in [-0.15, -0.1) is 13.2 Å². The smallest absolute Gasteiger partial charge is 0.404 e. The molecule has 0 aromatic carbocycles. The van der Waals surface area contributed by atoms with Crippen LogP contribution in [0.25, 0.3) is 16.8 Å². The molecule has 2 fully saturated rings. The lowest BCUT2D eigenvalue weighted by molar-refractivity contribution is -0.274. The van der Waals surface area contributed by atoms with Gasteiger partial charge < -0.3 is 20.1 Å². The van der Waals surface area contributed by atoms with Crippen molar-refractivity contribution in [3.05, 3.63) is 66.4 Å². The second-order valence-electron chi connectivity index (χ2n) is 11.0. The summed E-state index contributed by atoms with van der Waals surface area (Å²) in [4.78, 5) is 23.7. The van der Waals surface area contributed by atoms with E-state index in [0.717, 1.165) is 18.0 Å². The fourth-order valence-electron chi connectivity index (χ4n) is 6.02. The van der Waals surface area contributed by atoms with Crippen molar-refractivity contribution in [3.63, 3.8) is 0 Å². The molecular weight excluding hydrogens is 563 g/mol. The van der Waals surface area contributed by atoms with Crippen LogP contribution in [-0.4, -0.2) is 62.1 Å². The van der Waals surface area contributed by atoms with Crippen LogP contribution in [0.3, 0.4) is 0 Å². The Kier molecular flexibility index (Phi) is 6.55. The van der Waals surface area contributed by atoms with Gasteiger partial charge in [-0.2, -0.15) is 5.10 Å². The standard InChI is InChI=1S/C28H25F5N6O3/c1-16-22(6-17(9-34-16)21-3-2-19(10-35-21)42-28(31,32)33)37-25(40)20-11-36-39-5-4-18(7-23(20)39)38-14-26(15-38)12-27(41,13-26)8-24(29)30/h2-7,9-11,24,41H,8,12-15H2,1H3,(H,37,40). The van der Waals surface area contributed by atoms with Crippen molar-refractivity contribution in [1.82, 2.24) is 19.6 Å². The predicted molar refractivity (Wildman–Crippen MR) is 141 cm³/mol. The predicted octanol–water partition coefficient (Wildman–Crippen LogP) is 5.24. The Morgan fingerprint density at radius 1 is 1.12 bits per heavy atom. The molecule has 1 saturated heterocycles. The maximum Gasteiger partial charge on any atom is 0.573 e. The topological polar surface area (TPSA) is 105 Å². The summed E-state index contributed by atoms with van der Waals surface area (Å²) in [6.07, 6.45) is -1.57. The number of alkyl halides is 5. The molecule has 9 nitrogen and oxygen atoms in total. The number of nitrogens with zero attached hydrogens (tertiary/aromatic N) is 5. The highest BCUT2D eigenvalue weighted by Gasteiger charge is 2.60. The van der Waals surface area contributed by atoms with Crippen LogP contribution in [0.1, 0.15) is 35.3 Å². The highest BCUT2D eigenvalue weighted by atomic mass is 19.4. The minimum absolute atomic E-state index is 0.174. The van der Waals surface area contributed by atoms with Crippen molar-refractivity contribution >= 4 is 22.8 Å². The number of hydrogen-bond donors (Lipinski definition) is 2. The minimum Gasteiger partial charge on any atom is -0.404 e. The van der Waals surface area contributed by atoms with E-state index in [-0.39, 0.29) is 5.41 Å². The van der Waals surface area contributed by atoms with Gasteiger partial charge >= 0.3 is 6.36 Å². The molecule has 0 atom stereocenters. The SMILES string of the molecule is Cc1ncc(-c2ccc(OC(F)(F)F)cn2)cc1NC(=O)c1cnn2ccc(N3CC4(C3)CC(O)(CC(F)F)C4)cc12. The molecule has 1 spiro atoms. The zero-order valence-corrected chi connectivity index (χ0v) is 22.2. The van der Waals surface area contributed by atoms with Crippen LogP contribution in [-0.2, 0) is 0 Å². The minimum atomic E-state index is -4.83. The zero-order valence-electron chi connectivity index (χ0n) is 22.2. The van der Waals surface area contributed by atoms with E-state index in [1.807, 2.05) is 12.1 Å². The monoisotopic (exact) mass is 588 g/mol. The van der Waals surface area contributed by atoms with Crippen LogP contribution in [0.15, 0.2) is 55.1 Å². The number of anilines is 2. The summed E-state index contributed by atoms with van der Waals surface area (Å²) in [5, 5.41) is 17.4. The number of rotatable bonds is 7. The molecule has 14 heteroatoms. The van der Waals surface area contributed by atoms with Crippen molar-refractivity contribution < 1.29 is 36.6 Å². The lowest BCUT2D eigenvalue weighted by atomic mass is 9.54. The first-order valence-electron chi connectivity index (χ1n) is 13.0. The van der Waals surface area contributed by atoms with Crippen molar-refractivity contribution in [1.29, 1.82) is 0 Å². The number of hydrogen-bond acceptors (Lipinski definition) is 7. The molecule has 6 rings (SSSR count). The normalized spacial score (nSPS) is 17.3. The van der Waals surface area contributed by atoms with Crippen molar-refractivity contribution in [3.8, 4) is 17.0 Å². The van der Waals surface area contributed by atoms with E-state index in [0.29, 0.717) is 59.7 Å². The summed E-state index contributed by atoms with van der Waals surface area (Å²) < 4.78 is 68.3.